The topological polar surface area (TPSA) is 46.2 Å². The maximum absolute atomic E-state index is 13.9. The van der Waals surface area contributed by atoms with Crippen LogP contribution in [0.5, 0.6) is 0 Å². The third-order valence-corrected chi connectivity index (χ3v) is 9.06. The van der Waals surface area contributed by atoms with Crippen LogP contribution in [0.4, 0.5) is 4.39 Å². The first kappa shape index (κ1) is 33.1. The SMILES string of the molecule is Fc1ccc(S[C@@H]2O[C@H](COCc3ccccc3)[C@@H](OCc3ccccc3)[C@H](OCc3ccccc3)[C@H]2OCc2ccccc2)cc1. The van der Waals surface area contributed by atoms with Crippen LogP contribution in [-0.4, -0.2) is 36.5 Å². The summed E-state index contributed by atoms with van der Waals surface area (Å²) in [5, 5.41) is 0. The van der Waals surface area contributed by atoms with Crippen molar-refractivity contribution < 1.29 is 28.1 Å². The summed E-state index contributed by atoms with van der Waals surface area (Å²) in [4.78, 5) is 0.860. The minimum Gasteiger partial charge on any atom is -0.374 e. The van der Waals surface area contributed by atoms with E-state index in [1.54, 1.807) is 12.1 Å². The van der Waals surface area contributed by atoms with E-state index in [9.17, 15) is 4.39 Å². The number of rotatable bonds is 15. The van der Waals surface area contributed by atoms with Crippen LogP contribution in [0.1, 0.15) is 22.3 Å². The second kappa shape index (κ2) is 17.4. The molecule has 6 rings (SSSR count). The predicted octanol–water partition coefficient (Wildman–Crippen LogP) is 8.62. The number of halogens is 1. The molecule has 1 aliphatic rings. The van der Waals surface area contributed by atoms with Crippen molar-refractivity contribution in [3.05, 3.63) is 174 Å². The third kappa shape index (κ3) is 9.84. The smallest absolute Gasteiger partial charge is 0.137 e. The highest BCUT2D eigenvalue weighted by molar-refractivity contribution is 7.99. The van der Waals surface area contributed by atoms with E-state index in [0.717, 1.165) is 27.1 Å². The van der Waals surface area contributed by atoms with Gasteiger partial charge in [0.1, 0.15) is 35.7 Å². The predicted molar refractivity (Wildman–Crippen MR) is 182 cm³/mol. The van der Waals surface area contributed by atoms with Crippen molar-refractivity contribution in [3.63, 3.8) is 0 Å². The minimum atomic E-state index is -0.528. The van der Waals surface area contributed by atoms with Crippen LogP contribution in [0.25, 0.3) is 0 Å². The lowest BCUT2D eigenvalue weighted by atomic mass is 9.98. The molecule has 7 heteroatoms. The molecule has 242 valence electrons. The van der Waals surface area contributed by atoms with E-state index in [2.05, 4.69) is 0 Å². The zero-order valence-electron chi connectivity index (χ0n) is 26.1. The Morgan fingerprint density at radius 3 is 1.40 bits per heavy atom. The summed E-state index contributed by atoms with van der Waals surface area (Å²) in [7, 11) is 0. The summed E-state index contributed by atoms with van der Waals surface area (Å²) in [6, 6.07) is 46.7. The molecule has 1 heterocycles. The Hall–Kier alpha value is -3.82. The van der Waals surface area contributed by atoms with Gasteiger partial charge in [-0.05, 0) is 46.5 Å². The molecule has 0 amide bonds. The minimum absolute atomic E-state index is 0.283. The largest absolute Gasteiger partial charge is 0.374 e. The standard InChI is InChI=1S/C40H39FO5S/c41-34-21-23-35(24-22-34)47-40-39(45-28-33-19-11-4-12-20-33)38(44-27-32-17-9-3-10-18-32)37(43-26-31-15-7-2-8-16-31)36(46-40)29-42-25-30-13-5-1-6-14-30/h1-24,36-40H,25-29H2/t36-,37-,38+,39-,40+/m1/s1. The van der Waals surface area contributed by atoms with Gasteiger partial charge in [-0.2, -0.15) is 0 Å². The van der Waals surface area contributed by atoms with E-state index in [4.69, 9.17) is 23.7 Å². The summed E-state index contributed by atoms with van der Waals surface area (Å²) >= 11 is 1.49. The van der Waals surface area contributed by atoms with E-state index in [-0.39, 0.29) is 12.4 Å². The van der Waals surface area contributed by atoms with E-state index in [1.165, 1.54) is 23.9 Å². The Bertz CT molecular complexity index is 1590. The molecule has 0 aromatic heterocycles. The normalized spacial score (nSPS) is 21.0. The van der Waals surface area contributed by atoms with Gasteiger partial charge < -0.3 is 23.7 Å². The lowest BCUT2D eigenvalue weighted by Gasteiger charge is -2.46. The van der Waals surface area contributed by atoms with Crippen molar-refractivity contribution in [1.82, 2.24) is 0 Å². The van der Waals surface area contributed by atoms with E-state index < -0.39 is 29.9 Å². The fourth-order valence-electron chi connectivity index (χ4n) is 5.49. The molecule has 0 aliphatic carbocycles. The number of hydrogen-bond acceptors (Lipinski definition) is 6. The molecule has 0 radical (unpaired) electrons. The maximum Gasteiger partial charge on any atom is 0.137 e. The third-order valence-electron chi connectivity index (χ3n) is 7.91. The van der Waals surface area contributed by atoms with Gasteiger partial charge in [0.2, 0.25) is 0 Å². The van der Waals surface area contributed by atoms with Gasteiger partial charge in [0, 0.05) is 4.90 Å². The highest BCUT2D eigenvalue weighted by Crippen LogP contribution is 2.38. The van der Waals surface area contributed by atoms with Crippen LogP contribution in [0.3, 0.4) is 0 Å². The van der Waals surface area contributed by atoms with Gasteiger partial charge in [-0.1, -0.05) is 133 Å². The number of thioether (sulfide) groups is 1. The Balaban J connectivity index is 1.31. The maximum atomic E-state index is 13.9. The summed E-state index contributed by atoms with van der Waals surface area (Å²) in [6.07, 6.45) is -2.03. The van der Waals surface area contributed by atoms with Crippen molar-refractivity contribution in [2.24, 2.45) is 0 Å². The van der Waals surface area contributed by atoms with Crippen molar-refractivity contribution in [1.29, 1.82) is 0 Å². The first-order valence-electron chi connectivity index (χ1n) is 15.9. The van der Waals surface area contributed by atoms with Crippen molar-refractivity contribution in [2.45, 2.75) is 61.2 Å². The molecule has 0 saturated carbocycles. The Morgan fingerprint density at radius 2 is 0.915 bits per heavy atom. The van der Waals surface area contributed by atoms with Gasteiger partial charge >= 0.3 is 0 Å². The number of benzene rings is 5. The molecular formula is C40H39FO5S. The Labute approximate surface area is 280 Å². The van der Waals surface area contributed by atoms with Crippen molar-refractivity contribution >= 4 is 11.8 Å². The first-order chi connectivity index (χ1) is 23.2. The van der Waals surface area contributed by atoms with Crippen LogP contribution < -0.4 is 0 Å². The second-order valence-electron chi connectivity index (χ2n) is 11.4. The van der Waals surface area contributed by atoms with Crippen LogP contribution in [0.2, 0.25) is 0 Å². The zero-order valence-corrected chi connectivity index (χ0v) is 26.9. The summed E-state index contributed by atoms with van der Waals surface area (Å²) in [6.45, 7) is 1.82. The molecule has 5 atom stereocenters. The van der Waals surface area contributed by atoms with E-state index in [0.29, 0.717) is 26.4 Å². The molecule has 5 aromatic carbocycles. The quantitative estimate of drug-likeness (QED) is 0.113. The van der Waals surface area contributed by atoms with Crippen LogP contribution in [0, 0.1) is 5.82 Å². The lowest BCUT2D eigenvalue weighted by molar-refractivity contribution is -0.254. The van der Waals surface area contributed by atoms with Crippen LogP contribution in [-0.2, 0) is 50.1 Å². The second-order valence-corrected chi connectivity index (χ2v) is 12.6. The molecule has 1 saturated heterocycles. The van der Waals surface area contributed by atoms with Gasteiger partial charge in [-0.3, -0.25) is 0 Å². The summed E-state index contributed by atoms with van der Waals surface area (Å²) in [5.74, 6) is -0.290. The summed E-state index contributed by atoms with van der Waals surface area (Å²) < 4.78 is 47.2. The summed E-state index contributed by atoms with van der Waals surface area (Å²) in [5.41, 5.74) is 3.70. The number of hydrogen-bond donors (Lipinski definition) is 0. The molecule has 0 unspecified atom stereocenters. The molecule has 0 bridgehead atoms. The van der Waals surface area contributed by atoms with E-state index >= 15 is 0 Å². The monoisotopic (exact) mass is 650 g/mol. The van der Waals surface area contributed by atoms with Crippen LogP contribution in [0.15, 0.2) is 150 Å². The van der Waals surface area contributed by atoms with Gasteiger partial charge in [0.15, 0.2) is 0 Å². The molecule has 1 fully saturated rings. The molecule has 5 nitrogen and oxygen atoms in total. The number of ether oxygens (including phenoxy) is 5. The van der Waals surface area contributed by atoms with Crippen LogP contribution >= 0.6 is 11.8 Å². The Kier molecular flexibility index (Phi) is 12.2. The molecule has 0 N–H and O–H groups in total. The van der Waals surface area contributed by atoms with Crippen molar-refractivity contribution in [2.75, 3.05) is 6.61 Å². The van der Waals surface area contributed by atoms with E-state index in [1.807, 2.05) is 121 Å². The molecule has 1 aliphatic heterocycles. The molecular weight excluding hydrogens is 612 g/mol. The van der Waals surface area contributed by atoms with Crippen molar-refractivity contribution in [3.8, 4) is 0 Å². The van der Waals surface area contributed by atoms with Gasteiger partial charge in [0.25, 0.3) is 0 Å². The molecule has 5 aromatic rings. The van der Waals surface area contributed by atoms with Gasteiger partial charge in [-0.25, -0.2) is 4.39 Å². The molecule has 0 spiro atoms. The first-order valence-corrected chi connectivity index (χ1v) is 16.8. The average Bonchev–Trinajstić information content (AvgIpc) is 3.12. The molecule has 47 heavy (non-hydrogen) atoms. The highest BCUT2D eigenvalue weighted by atomic mass is 32.2. The fraction of sp³-hybridized carbons (Fsp3) is 0.250. The van der Waals surface area contributed by atoms with Gasteiger partial charge in [-0.15, -0.1) is 0 Å². The zero-order chi connectivity index (χ0) is 32.1. The van der Waals surface area contributed by atoms with Gasteiger partial charge in [0.05, 0.1) is 33.0 Å². The highest BCUT2D eigenvalue weighted by Gasteiger charge is 2.49. The lowest BCUT2D eigenvalue weighted by Crippen LogP contribution is -2.60. The fourth-order valence-corrected chi connectivity index (χ4v) is 6.62. The Morgan fingerprint density at radius 1 is 0.489 bits per heavy atom. The average molecular weight is 651 g/mol.